The van der Waals surface area contributed by atoms with E-state index in [2.05, 4.69) is 65.3 Å². The maximum atomic E-state index is 6.74. The van der Waals surface area contributed by atoms with Crippen molar-refractivity contribution in [2.45, 2.75) is 44.4 Å². The lowest BCUT2D eigenvalue weighted by Crippen LogP contribution is -2.48. The van der Waals surface area contributed by atoms with Crippen molar-refractivity contribution in [3.63, 3.8) is 0 Å². The molecule has 4 nitrogen and oxygen atoms in total. The number of aromatic nitrogens is 1. The molecule has 1 aromatic heterocycles. The SMILES string of the molecule is CN(C)CC1CCC2(CC1)CN(Cc1ccncc1)Cc1ccccc1O2. The van der Waals surface area contributed by atoms with E-state index in [1.165, 1.54) is 30.5 Å². The zero-order chi connectivity index (χ0) is 18.7. The van der Waals surface area contributed by atoms with Gasteiger partial charge < -0.3 is 9.64 Å². The monoisotopic (exact) mass is 365 g/mol. The summed E-state index contributed by atoms with van der Waals surface area (Å²) in [5.41, 5.74) is 2.57. The van der Waals surface area contributed by atoms with Gasteiger partial charge in [0.25, 0.3) is 0 Å². The molecular formula is C23H31N3O. The van der Waals surface area contributed by atoms with Crippen LogP contribution in [0.5, 0.6) is 5.75 Å². The van der Waals surface area contributed by atoms with Gasteiger partial charge in [-0.15, -0.1) is 0 Å². The van der Waals surface area contributed by atoms with Gasteiger partial charge in [-0.1, -0.05) is 18.2 Å². The van der Waals surface area contributed by atoms with E-state index in [4.69, 9.17) is 4.74 Å². The van der Waals surface area contributed by atoms with Gasteiger partial charge in [0.2, 0.25) is 0 Å². The molecule has 2 aliphatic rings. The average molecular weight is 366 g/mol. The smallest absolute Gasteiger partial charge is 0.124 e. The number of hydrogen-bond acceptors (Lipinski definition) is 4. The van der Waals surface area contributed by atoms with Crippen molar-refractivity contribution < 1.29 is 4.74 Å². The van der Waals surface area contributed by atoms with Gasteiger partial charge in [0.05, 0.1) is 0 Å². The minimum atomic E-state index is -0.0531. The van der Waals surface area contributed by atoms with Crippen molar-refractivity contribution in [3.8, 4) is 5.75 Å². The molecule has 1 aromatic carbocycles. The molecule has 27 heavy (non-hydrogen) atoms. The summed E-state index contributed by atoms with van der Waals surface area (Å²) in [6.07, 6.45) is 8.58. The number of pyridine rings is 1. The van der Waals surface area contributed by atoms with Crippen LogP contribution in [0.25, 0.3) is 0 Å². The van der Waals surface area contributed by atoms with E-state index in [9.17, 15) is 0 Å². The quantitative estimate of drug-likeness (QED) is 0.820. The van der Waals surface area contributed by atoms with Crippen LogP contribution in [0.4, 0.5) is 0 Å². The van der Waals surface area contributed by atoms with Crippen molar-refractivity contribution in [2.75, 3.05) is 27.2 Å². The third-order valence-corrected chi connectivity index (χ3v) is 6.00. The molecule has 1 fully saturated rings. The Kier molecular flexibility index (Phi) is 5.46. The number of ether oxygens (including phenoxy) is 1. The van der Waals surface area contributed by atoms with Crippen LogP contribution in [0.2, 0.25) is 0 Å². The molecule has 4 heteroatoms. The average Bonchev–Trinajstić information content (AvgIpc) is 2.80. The lowest BCUT2D eigenvalue weighted by atomic mass is 9.78. The first kappa shape index (κ1) is 18.5. The Morgan fingerprint density at radius 2 is 1.85 bits per heavy atom. The largest absolute Gasteiger partial charge is 0.486 e. The predicted molar refractivity (Wildman–Crippen MR) is 109 cm³/mol. The lowest BCUT2D eigenvalue weighted by Gasteiger charge is -2.42. The summed E-state index contributed by atoms with van der Waals surface area (Å²) in [4.78, 5) is 9.05. The van der Waals surface area contributed by atoms with Gasteiger partial charge in [0, 0.05) is 44.1 Å². The number of rotatable bonds is 4. The first-order chi connectivity index (χ1) is 13.1. The third kappa shape index (κ3) is 4.50. The summed E-state index contributed by atoms with van der Waals surface area (Å²) in [6, 6.07) is 12.8. The van der Waals surface area contributed by atoms with E-state index in [1.54, 1.807) is 0 Å². The van der Waals surface area contributed by atoms with Crippen molar-refractivity contribution in [3.05, 3.63) is 59.9 Å². The summed E-state index contributed by atoms with van der Waals surface area (Å²) in [7, 11) is 4.36. The van der Waals surface area contributed by atoms with Gasteiger partial charge in [-0.25, -0.2) is 0 Å². The Balaban J connectivity index is 1.55. The Morgan fingerprint density at radius 1 is 1.11 bits per heavy atom. The Morgan fingerprint density at radius 3 is 2.59 bits per heavy atom. The number of nitrogens with zero attached hydrogens (tertiary/aromatic N) is 3. The van der Waals surface area contributed by atoms with Crippen molar-refractivity contribution in [1.82, 2.24) is 14.8 Å². The second-order valence-corrected chi connectivity index (χ2v) is 8.60. The van der Waals surface area contributed by atoms with Crippen LogP contribution < -0.4 is 4.74 Å². The fourth-order valence-corrected chi connectivity index (χ4v) is 4.72. The predicted octanol–water partition coefficient (Wildman–Crippen LogP) is 3.97. The second-order valence-electron chi connectivity index (χ2n) is 8.60. The Labute approximate surface area is 163 Å². The van der Waals surface area contributed by atoms with Crippen LogP contribution in [-0.4, -0.2) is 47.6 Å². The molecule has 0 radical (unpaired) electrons. The van der Waals surface area contributed by atoms with Crippen LogP contribution in [0.3, 0.4) is 0 Å². The lowest BCUT2D eigenvalue weighted by molar-refractivity contribution is -0.0114. The number of para-hydroxylation sites is 1. The van der Waals surface area contributed by atoms with Gasteiger partial charge in [0.1, 0.15) is 11.4 Å². The molecule has 144 valence electrons. The number of fused-ring (bicyclic) bond motifs is 1. The maximum Gasteiger partial charge on any atom is 0.124 e. The number of hydrogen-bond donors (Lipinski definition) is 0. The second kappa shape index (κ2) is 7.99. The highest BCUT2D eigenvalue weighted by Crippen LogP contribution is 2.40. The molecule has 0 bridgehead atoms. The molecule has 4 rings (SSSR count). The van der Waals surface area contributed by atoms with Crippen LogP contribution >= 0.6 is 0 Å². The van der Waals surface area contributed by atoms with Gasteiger partial charge >= 0.3 is 0 Å². The summed E-state index contributed by atoms with van der Waals surface area (Å²) >= 11 is 0. The van der Waals surface area contributed by atoms with Crippen LogP contribution in [0.1, 0.15) is 36.8 Å². The minimum Gasteiger partial charge on any atom is -0.486 e. The van der Waals surface area contributed by atoms with Crippen molar-refractivity contribution >= 4 is 0 Å². The van der Waals surface area contributed by atoms with E-state index in [-0.39, 0.29) is 5.60 Å². The van der Waals surface area contributed by atoms with Gasteiger partial charge in [-0.2, -0.15) is 0 Å². The molecule has 2 heterocycles. The van der Waals surface area contributed by atoms with Gasteiger partial charge in [-0.3, -0.25) is 9.88 Å². The molecule has 1 aliphatic carbocycles. The van der Waals surface area contributed by atoms with Crippen molar-refractivity contribution in [2.24, 2.45) is 5.92 Å². The highest BCUT2D eigenvalue weighted by molar-refractivity contribution is 5.35. The first-order valence-electron chi connectivity index (χ1n) is 10.1. The van der Waals surface area contributed by atoms with E-state index in [0.29, 0.717) is 0 Å². The van der Waals surface area contributed by atoms with Crippen LogP contribution in [0.15, 0.2) is 48.8 Å². The van der Waals surface area contributed by atoms with E-state index in [1.807, 2.05) is 12.4 Å². The van der Waals surface area contributed by atoms with Crippen LogP contribution in [0, 0.1) is 5.92 Å². The maximum absolute atomic E-state index is 6.74. The highest BCUT2D eigenvalue weighted by atomic mass is 16.5. The molecule has 0 N–H and O–H groups in total. The summed E-state index contributed by atoms with van der Waals surface area (Å²) in [6.45, 7) is 4.08. The summed E-state index contributed by atoms with van der Waals surface area (Å²) < 4.78 is 6.74. The molecule has 1 spiro atoms. The normalized spacial score (nSPS) is 25.8. The Hall–Kier alpha value is -1.91. The molecule has 1 aliphatic heterocycles. The zero-order valence-electron chi connectivity index (χ0n) is 16.6. The topological polar surface area (TPSA) is 28.6 Å². The third-order valence-electron chi connectivity index (χ3n) is 6.00. The fraction of sp³-hybridized carbons (Fsp3) is 0.522. The van der Waals surface area contributed by atoms with Gasteiger partial charge in [-0.05, 0) is 69.5 Å². The zero-order valence-corrected chi connectivity index (χ0v) is 16.6. The van der Waals surface area contributed by atoms with Gasteiger partial charge in [0.15, 0.2) is 0 Å². The standard InChI is InChI=1S/C23H31N3O/c1-25(2)15-19-7-11-23(12-8-19)18-26(16-20-9-13-24-14-10-20)17-21-5-3-4-6-22(21)27-23/h3-6,9-10,13-14,19H,7-8,11-12,15-18H2,1-2H3. The van der Waals surface area contributed by atoms with E-state index in [0.717, 1.165) is 44.1 Å². The van der Waals surface area contributed by atoms with E-state index < -0.39 is 0 Å². The fourth-order valence-electron chi connectivity index (χ4n) is 4.72. The molecular weight excluding hydrogens is 334 g/mol. The van der Waals surface area contributed by atoms with E-state index >= 15 is 0 Å². The number of benzene rings is 1. The highest BCUT2D eigenvalue weighted by Gasteiger charge is 2.41. The Bertz CT molecular complexity index is 738. The molecule has 0 amide bonds. The summed E-state index contributed by atoms with van der Waals surface area (Å²) in [5, 5.41) is 0. The molecule has 2 aromatic rings. The minimum absolute atomic E-state index is 0.0531. The van der Waals surface area contributed by atoms with Crippen LogP contribution in [-0.2, 0) is 13.1 Å². The first-order valence-corrected chi connectivity index (χ1v) is 10.1. The molecule has 0 unspecified atom stereocenters. The molecule has 0 saturated heterocycles. The van der Waals surface area contributed by atoms with Crippen molar-refractivity contribution in [1.29, 1.82) is 0 Å². The summed E-state index contributed by atoms with van der Waals surface area (Å²) in [5.74, 6) is 1.88. The molecule has 1 saturated carbocycles. The molecule has 0 atom stereocenters.